The molecule has 0 spiro atoms. The summed E-state index contributed by atoms with van der Waals surface area (Å²) in [4.78, 5) is 14.3. The molecule has 2 aromatic rings. The normalized spacial score (nSPS) is 9.94. The van der Waals surface area contributed by atoms with E-state index in [1.807, 2.05) is 30.3 Å². The molecule has 0 bridgehead atoms. The largest absolute Gasteiger partial charge is 0.476 e. The van der Waals surface area contributed by atoms with Gasteiger partial charge < -0.3 is 4.74 Å². The molecule has 0 atom stereocenters. The fourth-order valence-electron chi connectivity index (χ4n) is 1.49. The van der Waals surface area contributed by atoms with Gasteiger partial charge in [0.15, 0.2) is 0 Å². The third-order valence-corrected chi connectivity index (χ3v) is 2.30. The molecular weight excluding hydrogens is 220 g/mol. The van der Waals surface area contributed by atoms with Gasteiger partial charge in [-0.3, -0.25) is 10.1 Å². The van der Waals surface area contributed by atoms with E-state index in [0.717, 1.165) is 5.56 Å². The molecule has 17 heavy (non-hydrogen) atoms. The molecular formula is C12H10N2O3. The summed E-state index contributed by atoms with van der Waals surface area (Å²) < 4.78 is 4.92. The predicted molar refractivity (Wildman–Crippen MR) is 62.9 cm³/mol. The van der Waals surface area contributed by atoms with Crippen LogP contribution < -0.4 is 4.74 Å². The van der Waals surface area contributed by atoms with Gasteiger partial charge in [-0.15, -0.1) is 0 Å². The molecule has 2 rings (SSSR count). The second kappa shape index (κ2) is 4.61. The highest BCUT2D eigenvalue weighted by molar-refractivity contribution is 5.61. The lowest BCUT2D eigenvalue weighted by atomic mass is 10.1. The first-order valence-electron chi connectivity index (χ1n) is 4.97. The predicted octanol–water partition coefficient (Wildman–Crippen LogP) is 2.67. The van der Waals surface area contributed by atoms with Crippen molar-refractivity contribution in [2.24, 2.45) is 0 Å². The van der Waals surface area contributed by atoms with Crippen LogP contribution in [-0.2, 0) is 0 Å². The molecule has 0 aliphatic heterocycles. The third-order valence-electron chi connectivity index (χ3n) is 2.30. The first-order chi connectivity index (χ1) is 8.22. The Bertz CT molecular complexity index is 541. The highest BCUT2D eigenvalue weighted by Crippen LogP contribution is 2.28. The van der Waals surface area contributed by atoms with Gasteiger partial charge in [-0.25, -0.2) is 4.98 Å². The van der Waals surface area contributed by atoms with Gasteiger partial charge in [0.2, 0.25) is 0 Å². The Balaban J connectivity index is 2.49. The van der Waals surface area contributed by atoms with E-state index in [0.29, 0.717) is 5.69 Å². The number of nitro groups is 1. The van der Waals surface area contributed by atoms with Gasteiger partial charge in [0.25, 0.3) is 5.88 Å². The van der Waals surface area contributed by atoms with Crippen LogP contribution in [0, 0.1) is 10.1 Å². The van der Waals surface area contributed by atoms with Crippen LogP contribution in [0.1, 0.15) is 0 Å². The van der Waals surface area contributed by atoms with E-state index in [9.17, 15) is 10.1 Å². The van der Waals surface area contributed by atoms with Crippen molar-refractivity contribution in [2.75, 3.05) is 7.11 Å². The van der Waals surface area contributed by atoms with Crippen molar-refractivity contribution in [3.63, 3.8) is 0 Å². The van der Waals surface area contributed by atoms with Crippen molar-refractivity contribution in [1.82, 2.24) is 4.98 Å². The molecule has 0 N–H and O–H groups in total. The number of nitrogens with zero attached hydrogens (tertiary/aromatic N) is 2. The van der Waals surface area contributed by atoms with Crippen LogP contribution in [0.4, 0.5) is 5.69 Å². The summed E-state index contributed by atoms with van der Waals surface area (Å²) >= 11 is 0. The van der Waals surface area contributed by atoms with Crippen molar-refractivity contribution >= 4 is 5.69 Å². The lowest BCUT2D eigenvalue weighted by Gasteiger charge is -2.04. The van der Waals surface area contributed by atoms with Crippen molar-refractivity contribution in [3.05, 3.63) is 52.6 Å². The number of hydrogen-bond donors (Lipinski definition) is 0. The Labute approximate surface area is 97.8 Å². The van der Waals surface area contributed by atoms with E-state index in [1.54, 1.807) is 6.07 Å². The highest BCUT2D eigenvalue weighted by atomic mass is 16.6. The number of methoxy groups -OCH3 is 1. The zero-order chi connectivity index (χ0) is 12.3. The van der Waals surface area contributed by atoms with E-state index in [-0.39, 0.29) is 11.6 Å². The molecule has 5 heteroatoms. The topological polar surface area (TPSA) is 65.3 Å². The van der Waals surface area contributed by atoms with Crippen LogP contribution in [0.5, 0.6) is 5.88 Å². The van der Waals surface area contributed by atoms with E-state index >= 15 is 0 Å². The summed E-state index contributed by atoms with van der Waals surface area (Å²) in [5.74, 6) is 0.0244. The maximum absolute atomic E-state index is 10.7. The minimum absolute atomic E-state index is 0.0244. The molecule has 0 saturated heterocycles. The van der Waals surface area contributed by atoms with Gasteiger partial charge >= 0.3 is 5.69 Å². The average molecular weight is 230 g/mol. The molecule has 0 saturated carbocycles. The molecule has 1 aromatic heterocycles. The van der Waals surface area contributed by atoms with Crippen LogP contribution in [0.25, 0.3) is 11.3 Å². The smallest absolute Gasteiger partial charge is 0.330 e. The number of aromatic nitrogens is 1. The van der Waals surface area contributed by atoms with Gasteiger partial charge in [0, 0.05) is 11.6 Å². The minimum atomic E-state index is -0.513. The maximum atomic E-state index is 10.7. The zero-order valence-electron chi connectivity index (χ0n) is 9.16. The van der Waals surface area contributed by atoms with Crippen LogP contribution in [0.2, 0.25) is 0 Å². The molecule has 1 aromatic carbocycles. The summed E-state index contributed by atoms with van der Waals surface area (Å²) in [6.07, 6.45) is 0. The number of ether oxygens (including phenoxy) is 1. The van der Waals surface area contributed by atoms with E-state index in [2.05, 4.69) is 4.98 Å². The first-order valence-corrected chi connectivity index (χ1v) is 4.97. The number of hydrogen-bond acceptors (Lipinski definition) is 4. The van der Waals surface area contributed by atoms with Gasteiger partial charge in [-0.05, 0) is 6.07 Å². The fraction of sp³-hybridized carbons (Fsp3) is 0.0833. The zero-order valence-corrected chi connectivity index (χ0v) is 9.16. The van der Waals surface area contributed by atoms with Gasteiger partial charge in [0.1, 0.15) is 0 Å². The van der Waals surface area contributed by atoms with Crippen molar-refractivity contribution in [1.29, 1.82) is 0 Å². The Morgan fingerprint density at radius 1 is 1.18 bits per heavy atom. The molecule has 0 amide bonds. The summed E-state index contributed by atoms with van der Waals surface area (Å²) in [6, 6.07) is 12.4. The summed E-state index contributed by atoms with van der Waals surface area (Å²) in [5.41, 5.74) is 1.40. The highest BCUT2D eigenvalue weighted by Gasteiger charge is 2.16. The Morgan fingerprint density at radius 2 is 1.88 bits per heavy atom. The van der Waals surface area contributed by atoms with Crippen LogP contribution in [0.15, 0.2) is 42.5 Å². The second-order valence-corrected chi connectivity index (χ2v) is 3.35. The molecule has 1 heterocycles. The first kappa shape index (κ1) is 11.1. The second-order valence-electron chi connectivity index (χ2n) is 3.35. The third kappa shape index (κ3) is 2.23. The average Bonchev–Trinajstić information content (AvgIpc) is 2.39. The minimum Gasteiger partial charge on any atom is -0.476 e. The van der Waals surface area contributed by atoms with Crippen LogP contribution >= 0.6 is 0 Å². The van der Waals surface area contributed by atoms with Gasteiger partial charge in [0.05, 0.1) is 17.7 Å². The number of benzene rings is 1. The monoisotopic (exact) mass is 230 g/mol. The number of pyridine rings is 1. The van der Waals surface area contributed by atoms with E-state index < -0.39 is 4.92 Å². The fourth-order valence-corrected chi connectivity index (χ4v) is 1.49. The van der Waals surface area contributed by atoms with Gasteiger partial charge in [-0.1, -0.05) is 30.3 Å². The van der Waals surface area contributed by atoms with Gasteiger partial charge in [-0.2, -0.15) is 0 Å². The molecule has 0 aliphatic carbocycles. The molecule has 86 valence electrons. The van der Waals surface area contributed by atoms with E-state index in [4.69, 9.17) is 4.74 Å². The number of rotatable bonds is 3. The van der Waals surface area contributed by atoms with E-state index in [1.165, 1.54) is 13.2 Å². The molecule has 0 unspecified atom stereocenters. The lowest BCUT2D eigenvalue weighted by Crippen LogP contribution is -1.97. The Kier molecular flexibility index (Phi) is 3.00. The lowest BCUT2D eigenvalue weighted by molar-refractivity contribution is -0.386. The SMILES string of the molecule is COc1nc(-c2ccccc2)ccc1[N+](=O)[O-]. The quantitative estimate of drug-likeness (QED) is 0.600. The summed E-state index contributed by atoms with van der Waals surface area (Å²) in [7, 11) is 1.37. The van der Waals surface area contributed by atoms with Crippen molar-refractivity contribution in [3.8, 4) is 17.1 Å². The van der Waals surface area contributed by atoms with Crippen molar-refractivity contribution in [2.45, 2.75) is 0 Å². The Morgan fingerprint density at radius 3 is 2.47 bits per heavy atom. The summed E-state index contributed by atoms with van der Waals surface area (Å²) in [5, 5.41) is 10.7. The summed E-state index contributed by atoms with van der Waals surface area (Å²) in [6.45, 7) is 0. The van der Waals surface area contributed by atoms with Crippen LogP contribution in [0.3, 0.4) is 0 Å². The van der Waals surface area contributed by atoms with Crippen molar-refractivity contribution < 1.29 is 9.66 Å². The maximum Gasteiger partial charge on any atom is 0.330 e. The molecule has 0 fully saturated rings. The van der Waals surface area contributed by atoms with Crippen LogP contribution in [-0.4, -0.2) is 17.0 Å². The molecule has 0 aliphatic rings. The molecule has 5 nitrogen and oxygen atoms in total. The Hall–Kier alpha value is -2.43. The molecule has 0 radical (unpaired) electrons. The standard InChI is InChI=1S/C12H10N2O3/c1-17-12-11(14(15)16)8-7-10(13-12)9-5-3-2-4-6-9/h2-8H,1H3.